The first-order valence-corrected chi connectivity index (χ1v) is 22.2. The normalized spacial score (nSPS) is 23.2. The Bertz CT molecular complexity index is 2390. The van der Waals surface area contributed by atoms with Crippen LogP contribution in [-0.4, -0.2) is 133 Å². The molecular weight excluding hydrogens is 831 g/mol. The highest BCUT2D eigenvalue weighted by molar-refractivity contribution is 6.25. The van der Waals surface area contributed by atoms with Gasteiger partial charge in [0.05, 0.1) is 42.4 Å². The number of halogens is 2. The van der Waals surface area contributed by atoms with Crippen LogP contribution in [0.5, 0.6) is 5.75 Å². The summed E-state index contributed by atoms with van der Waals surface area (Å²) in [6.45, 7) is 3.10. The second kappa shape index (κ2) is 17.4. The lowest BCUT2D eigenvalue weighted by Gasteiger charge is -2.39. The first-order chi connectivity index (χ1) is 30.8. The molecule has 6 amide bonds. The molecule has 1 aromatic heterocycles. The third kappa shape index (κ3) is 8.20. The van der Waals surface area contributed by atoms with Crippen LogP contribution in [0.1, 0.15) is 95.3 Å². The number of fused-ring (bicyclic) bond motifs is 2. The maximum Gasteiger partial charge on any atom is 0.342 e. The van der Waals surface area contributed by atoms with E-state index in [0.29, 0.717) is 40.7 Å². The third-order valence-corrected chi connectivity index (χ3v) is 13.6. The molecule has 2 atom stereocenters. The van der Waals surface area contributed by atoms with Crippen molar-refractivity contribution in [1.82, 2.24) is 30.4 Å². The number of hydrogen-bond acceptors (Lipinski definition) is 13. The van der Waals surface area contributed by atoms with Crippen LogP contribution in [0.3, 0.4) is 0 Å². The number of methoxy groups -OCH3 is 1. The van der Waals surface area contributed by atoms with Crippen molar-refractivity contribution in [3.63, 3.8) is 0 Å². The first kappa shape index (κ1) is 43.0. The van der Waals surface area contributed by atoms with Crippen molar-refractivity contribution < 1.29 is 42.3 Å². The van der Waals surface area contributed by atoms with Gasteiger partial charge in [0, 0.05) is 63.8 Å². The molecule has 0 radical (unpaired) electrons. The number of ether oxygens (including phenoxy) is 1. The quantitative estimate of drug-likeness (QED) is 0.247. The van der Waals surface area contributed by atoms with Crippen LogP contribution in [0.4, 0.5) is 37.6 Å². The van der Waals surface area contributed by atoms with Crippen LogP contribution in [0.15, 0.2) is 42.6 Å². The number of benzene rings is 2. The second-order valence-corrected chi connectivity index (χ2v) is 17.7. The average Bonchev–Trinajstić information content (AvgIpc) is 3.90. The molecule has 5 aliphatic heterocycles. The zero-order valence-corrected chi connectivity index (χ0v) is 35.9. The summed E-state index contributed by atoms with van der Waals surface area (Å²) < 4.78 is 35.8. The Labute approximate surface area is 368 Å². The van der Waals surface area contributed by atoms with E-state index in [0.717, 1.165) is 87.3 Å². The van der Waals surface area contributed by atoms with Gasteiger partial charge < -0.3 is 35.0 Å². The van der Waals surface area contributed by atoms with Gasteiger partial charge >= 0.3 is 5.92 Å². The van der Waals surface area contributed by atoms with Crippen molar-refractivity contribution >= 4 is 64.3 Å². The summed E-state index contributed by atoms with van der Waals surface area (Å²) in [7, 11) is 2.79. The summed E-state index contributed by atoms with van der Waals surface area (Å²) in [4.78, 5) is 94.9. The Hall–Kier alpha value is -6.24. The fourth-order valence-electron chi connectivity index (χ4n) is 10.2. The molecule has 1 aliphatic carbocycles. The van der Waals surface area contributed by atoms with Crippen LogP contribution in [-0.2, 0) is 14.4 Å². The van der Waals surface area contributed by atoms with Gasteiger partial charge in [0.15, 0.2) is 5.82 Å². The summed E-state index contributed by atoms with van der Waals surface area (Å²) in [6.07, 6.45) is 8.25. The van der Waals surface area contributed by atoms with Gasteiger partial charge in [0.25, 0.3) is 23.6 Å². The number of carbonyl (C=O) groups excluding carboxylic acids is 6. The van der Waals surface area contributed by atoms with Gasteiger partial charge in [-0.25, -0.2) is 4.98 Å². The molecule has 338 valence electrons. The zero-order valence-electron chi connectivity index (χ0n) is 35.9. The van der Waals surface area contributed by atoms with E-state index in [1.165, 1.54) is 20.4 Å². The zero-order chi connectivity index (χ0) is 44.9. The number of piperidine rings is 3. The fraction of sp³-hybridized carbons (Fsp3) is 0.511. The number of rotatable bonds is 10. The molecule has 2 unspecified atom stereocenters. The number of amides is 6. The Morgan fingerprint density at radius 3 is 2.47 bits per heavy atom. The van der Waals surface area contributed by atoms with E-state index in [4.69, 9.17) is 4.74 Å². The SMILES string of the molecule is COc1cc(C(=O)NC2CCN(CC3CCCN(c4cccc5c4C(=O)N(C4CCC(=O)NC4=O)C5=O)C3)CC2)ccc1Nc1ncc2c(n1)N(C1CCCC1)CC(F)(F)C(=O)N2C. The predicted octanol–water partition coefficient (Wildman–Crippen LogP) is 4.10. The third-order valence-electron chi connectivity index (χ3n) is 13.6. The Morgan fingerprint density at radius 1 is 0.938 bits per heavy atom. The number of anilines is 5. The molecule has 64 heavy (non-hydrogen) atoms. The van der Waals surface area contributed by atoms with E-state index < -0.39 is 48.0 Å². The maximum atomic E-state index is 15.1. The number of hydrogen-bond donors (Lipinski definition) is 3. The Balaban J connectivity index is 0.797. The molecule has 2 aromatic carbocycles. The number of carbonyl (C=O) groups is 6. The van der Waals surface area contributed by atoms with Crippen LogP contribution in [0.25, 0.3) is 0 Å². The Kier molecular flexibility index (Phi) is 11.7. The first-order valence-electron chi connectivity index (χ1n) is 22.2. The summed E-state index contributed by atoms with van der Waals surface area (Å²) in [5.41, 5.74) is 2.35. The van der Waals surface area contributed by atoms with Crippen LogP contribution in [0.2, 0.25) is 0 Å². The number of alkyl halides is 2. The number of nitrogens with zero attached hydrogens (tertiary/aromatic N) is 7. The van der Waals surface area contributed by atoms with E-state index in [1.807, 2.05) is 6.07 Å². The van der Waals surface area contributed by atoms with Gasteiger partial charge in [-0.2, -0.15) is 13.8 Å². The molecule has 3 saturated heterocycles. The lowest BCUT2D eigenvalue weighted by atomic mass is 9.94. The standard InChI is InChI=1S/C45H52F2N10O7/c1-53-34-22-48-44(52-38(34)56(29-8-3-4-9-29)25-45(46,47)43(53)63)50-31-13-12-27(21-35(31)64-2)39(59)49-28-16-19-54(20-17-28)23-26-7-6-18-55(24-26)32-11-5-10-30-37(32)42(62)57(41(30)61)33-14-15-36(58)51-40(33)60/h5,10-13,21-22,26,28-29,33H,3-4,6-9,14-20,23-25H2,1-2H3,(H,49,59)(H,48,50,52)(H,51,58,60). The fourth-order valence-corrected chi connectivity index (χ4v) is 10.2. The molecule has 1 saturated carbocycles. The van der Waals surface area contributed by atoms with Crippen LogP contribution < -0.4 is 35.4 Å². The van der Waals surface area contributed by atoms with E-state index in [-0.39, 0.29) is 53.8 Å². The summed E-state index contributed by atoms with van der Waals surface area (Å²) in [6, 6.07) is 9.00. The lowest BCUT2D eigenvalue weighted by molar-refractivity contribution is -0.140. The maximum absolute atomic E-state index is 15.1. The smallest absolute Gasteiger partial charge is 0.342 e. The summed E-state index contributed by atoms with van der Waals surface area (Å²) in [5.74, 6) is -6.14. The molecular formula is C45H52F2N10O7. The van der Waals surface area contributed by atoms with Gasteiger partial charge in [-0.1, -0.05) is 18.9 Å². The van der Waals surface area contributed by atoms with Crippen LogP contribution in [0, 0.1) is 5.92 Å². The van der Waals surface area contributed by atoms with E-state index >= 15 is 8.78 Å². The van der Waals surface area contributed by atoms with Crippen molar-refractivity contribution in [2.75, 3.05) is 73.4 Å². The minimum absolute atomic E-state index is 0.0358. The van der Waals surface area contributed by atoms with E-state index in [1.54, 1.807) is 35.2 Å². The lowest BCUT2D eigenvalue weighted by Crippen LogP contribution is -2.54. The predicted molar refractivity (Wildman–Crippen MR) is 231 cm³/mol. The second-order valence-electron chi connectivity index (χ2n) is 17.7. The number of imide groups is 2. The molecule has 6 aliphatic rings. The van der Waals surface area contributed by atoms with Gasteiger partial charge in [-0.3, -0.25) is 39.0 Å². The van der Waals surface area contributed by atoms with Crippen molar-refractivity contribution in [3.8, 4) is 5.75 Å². The highest BCUT2D eigenvalue weighted by Crippen LogP contribution is 2.41. The van der Waals surface area contributed by atoms with E-state index in [2.05, 4.69) is 35.7 Å². The average molecular weight is 883 g/mol. The topological polar surface area (TPSA) is 190 Å². The molecule has 3 N–H and O–H groups in total. The van der Waals surface area contributed by atoms with Crippen molar-refractivity contribution in [3.05, 3.63) is 59.3 Å². The highest BCUT2D eigenvalue weighted by atomic mass is 19.3. The van der Waals surface area contributed by atoms with Crippen molar-refractivity contribution in [2.45, 2.75) is 88.3 Å². The van der Waals surface area contributed by atoms with Crippen LogP contribution >= 0.6 is 0 Å². The monoisotopic (exact) mass is 882 g/mol. The van der Waals surface area contributed by atoms with Gasteiger partial charge in [-0.05, 0) is 81.2 Å². The Morgan fingerprint density at radius 2 is 1.72 bits per heavy atom. The van der Waals surface area contributed by atoms with E-state index in [9.17, 15) is 28.8 Å². The largest absolute Gasteiger partial charge is 0.495 e. The number of aromatic nitrogens is 2. The molecule has 19 heteroatoms. The number of nitrogens with one attached hydrogen (secondary N) is 3. The molecule has 3 aromatic rings. The minimum atomic E-state index is -3.59. The van der Waals surface area contributed by atoms with Gasteiger partial charge in [0.2, 0.25) is 17.8 Å². The summed E-state index contributed by atoms with van der Waals surface area (Å²) in [5, 5.41) is 8.56. The van der Waals surface area contributed by atoms with Crippen molar-refractivity contribution in [2.24, 2.45) is 5.92 Å². The van der Waals surface area contributed by atoms with Gasteiger partial charge in [0.1, 0.15) is 17.5 Å². The molecule has 4 fully saturated rings. The molecule has 0 spiro atoms. The molecule has 6 heterocycles. The van der Waals surface area contributed by atoms with Crippen molar-refractivity contribution in [1.29, 1.82) is 0 Å². The molecule has 9 rings (SSSR count). The highest BCUT2D eigenvalue weighted by Gasteiger charge is 2.49. The molecule has 0 bridgehead atoms. The van der Waals surface area contributed by atoms with Gasteiger partial charge in [-0.15, -0.1) is 0 Å². The summed E-state index contributed by atoms with van der Waals surface area (Å²) >= 11 is 0. The minimum Gasteiger partial charge on any atom is -0.495 e. The number of likely N-dealkylation sites (tertiary alicyclic amines) is 1. The molecule has 17 nitrogen and oxygen atoms in total.